The van der Waals surface area contributed by atoms with Crippen LogP contribution >= 0.6 is 0 Å². The average Bonchev–Trinajstić information content (AvgIpc) is 1.62. The molecule has 0 aromatic carbocycles. The molecule has 0 N–H and O–H groups in total. The minimum Gasteiger partial charge on any atom is -0.251 e. The smallest absolute Gasteiger partial charge is 0.226 e. The standard InChI is InChI=1S/C3H6O3S3/c1-3(8(4)5)9(2,6)7/h1-2H3. The monoisotopic (exact) mass is 186 g/mol. The minimum absolute atomic E-state index is 0.155. The molecule has 1 atom stereocenters. The predicted molar refractivity (Wildman–Crippen MR) is 41.0 cm³/mol. The number of rotatable bonds is 0. The van der Waals surface area contributed by atoms with E-state index in [0.29, 0.717) is 0 Å². The van der Waals surface area contributed by atoms with Gasteiger partial charge in [0.25, 0.3) is 0 Å². The Morgan fingerprint density at radius 1 is 1.56 bits per heavy atom. The quantitative estimate of drug-likeness (QED) is 0.474. The van der Waals surface area contributed by atoms with E-state index in [1.54, 1.807) is 0 Å². The van der Waals surface area contributed by atoms with E-state index in [9.17, 15) is 12.6 Å². The van der Waals surface area contributed by atoms with Crippen molar-refractivity contribution >= 4 is 34.2 Å². The van der Waals surface area contributed by atoms with Crippen molar-refractivity contribution in [1.82, 2.24) is 0 Å². The molecule has 0 aromatic heterocycles. The molecule has 0 fully saturated rings. The van der Waals surface area contributed by atoms with E-state index >= 15 is 0 Å². The van der Waals surface area contributed by atoms with Crippen LogP contribution in [0, 0.1) is 0 Å². The Labute approximate surface area is 60.3 Å². The zero-order valence-corrected chi connectivity index (χ0v) is 7.40. The molecule has 0 aromatic rings. The molecule has 0 saturated heterocycles. The van der Waals surface area contributed by atoms with Crippen LogP contribution in [0.1, 0.15) is 6.92 Å². The van der Waals surface area contributed by atoms with Gasteiger partial charge in [-0.3, -0.25) is 4.21 Å². The summed E-state index contributed by atoms with van der Waals surface area (Å²) >= 11 is 4.38. The number of hydrogen-bond donors (Lipinski definition) is 0. The molecule has 0 aliphatic carbocycles. The second kappa shape index (κ2) is 2.76. The second-order valence-electron chi connectivity index (χ2n) is 1.50. The van der Waals surface area contributed by atoms with Gasteiger partial charge in [0.1, 0.15) is 4.20 Å². The molecule has 1 unspecified atom stereocenters. The van der Waals surface area contributed by atoms with Crippen LogP contribution in [0.2, 0.25) is 0 Å². The lowest BCUT2D eigenvalue weighted by Crippen LogP contribution is -2.07. The van der Waals surface area contributed by atoms with Gasteiger partial charge in [0, 0.05) is 6.26 Å². The fraction of sp³-hybridized carbons (Fsp3) is 0.667. The SMILES string of the molecule is CC(=S(=O)=O)S(C)(=O)=S. The third kappa shape index (κ3) is 2.92. The molecule has 3 nitrogen and oxygen atoms in total. The van der Waals surface area contributed by atoms with E-state index < -0.39 is 18.8 Å². The largest absolute Gasteiger partial charge is 0.251 e. The molecule has 0 bridgehead atoms. The van der Waals surface area contributed by atoms with E-state index in [4.69, 9.17) is 0 Å². The number of hydrogen-bond acceptors (Lipinski definition) is 4. The normalized spacial score (nSPS) is 16.2. The highest BCUT2D eigenvalue weighted by Gasteiger charge is 2.02. The summed E-state index contributed by atoms with van der Waals surface area (Å²) in [5.41, 5.74) is 0. The van der Waals surface area contributed by atoms with Crippen LogP contribution in [-0.4, -0.2) is 23.1 Å². The maximum absolute atomic E-state index is 10.7. The predicted octanol–water partition coefficient (Wildman–Crippen LogP) is -0.609. The fourth-order valence-corrected chi connectivity index (χ4v) is 1.61. The van der Waals surface area contributed by atoms with Gasteiger partial charge in [-0.05, 0) is 18.1 Å². The van der Waals surface area contributed by atoms with Crippen LogP contribution < -0.4 is 0 Å². The molecule has 0 radical (unpaired) electrons. The van der Waals surface area contributed by atoms with Crippen molar-refractivity contribution in [3.8, 4) is 0 Å². The first-order valence-corrected chi connectivity index (χ1v) is 5.95. The molecule has 54 valence electrons. The van der Waals surface area contributed by atoms with Crippen LogP contribution in [0.25, 0.3) is 0 Å². The van der Waals surface area contributed by atoms with Gasteiger partial charge in [-0.1, -0.05) is 0 Å². The molecular weight excluding hydrogens is 180 g/mol. The van der Waals surface area contributed by atoms with Crippen molar-refractivity contribution in [3.63, 3.8) is 0 Å². The third-order valence-electron chi connectivity index (χ3n) is 0.757. The molecule has 0 amide bonds. The van der Waals surface area contributed by atoms with E-state index in [1.165, 1.54) is 13.2 Å². The lowest BCUT2D eigenvalue weighted by atomic mass is 11.0. The van der Waals surface area contributed by atoms with Gasteiger partial charge in [0.15, 0.2) is 0 Å². The minimum atomic E-state index is -2.66. The maximum atomic E-state index is 10.7. The van der Waals surface area contributed by atoms with Gasteiger partial charge in [-0.15, -0.1) is 0 Å². The second-order valence-corrected chi connectivity index (χ2v) is 6.90. The van der Waals surface area contributed by atoms with Gasteiger partial charge in [-0.2, -0.15) is 8.42 Å². The van der Waals surface area contributed by atoms with E-state index in [2.05, 4.69) is 11.2 Å². The molecule has 0 saturated carbocycles. The van der Waals surface area contributed by atoms with Crippen molar-refractivity contribution in [2.24, 2.45) is 0 Å². The summed E-state index contributed by atoms with van der Waals surface area (Å²) in [7, 11) is -5.06. The maximum Gasteiger partial charge on any atom is 0.226 e. The first-order chi connectivity index (χ1) is 3.85. The highest BCUT2D eigenvalue weighted by Crippen LogP contribution is 1.85. The highest BCUT2D eigenvalue weighted by atomic mass is 32.8. The van der Waals surface area contributed by atoms with Crippen LogP contribution in [0.15, 0.2) is 0 Å². The molecule has 9 heavy (non-hydrogen) atoms. The summed E-state index contributed by atoms with van der Waals surface area (Å²) in [5.74, 6) is 0. The fourth-order valence-electron chi connectivity index (χ4n) is 0.124. The Hall–Kier alpha value is 0.0600. The topological polar surface area (TPSA) is 51.2 Å². The summed E-state index contributed by atoms with van der Waals surface area (Å²) < 4.78 is 30.7. The lowest BCUT2D eigenvalue weighted by Gasteiger charge is -1.89. The van der Waals surface area contributed by atoms with Gasteiger partial charge in [0.2, 0.25) is 10.3 Å². The molecule has 0 heterocycles. The van der Waals surface area contributed by atoms with Crippen molar-refractivity contribution < 1.29 is 12.6 Å². The van der Waals surface area contributed by atoms with Crippen LogP contribution in [0.3, 0.4) is 0 Å². The van der Waals surface area contributed by atoms with E-state index in [0.717, 1.165) is 0 Å². The average molecular weight is 186 g/mol. The molecule has 0 rings (SSSR count). The Morgan fingerprint density at radius 2 is 1.89 bits per heavy atom. The van der Waals surface area contributed by atoms with Crippen LogP contribution in [-0.2, 0) is 30.0 Å². The third-order valence-corrected chi connectivity index (χ3v) is 4.70. The zero-order chi connectivity index (χ0) is 7.65. The summed E-state index contributed by atoms with van der Waals surface area (Å²) in [6.45, 7) is 1.25. The van der Waals surface area contributed by atoms with Gasteiger partial charge in [0.05, 0.1) is 8.49 Å². The Morgan fingerprint density at radius 3 is 1.89 bits per heavy atom. The first-order valence-electron chi connectivity index (χ1n) is 1.98. The zero-order valence-electron chi connectivity index (χ0n) is 4.95. The highest BCUT2D eigenvalue weighted by molar-refractivity contribution is 8.44. The molecule has 6 heteroatoms. The molecule has 0 spiro atoms. The summed E-state index contributed by atoms with van der Waals surface area (Å²) in [6.07, 6.45) is 1.22. The van der Waals surface area contributed by atoms with Crippen molar-refractivity contribution in [1.29, 1.82) is 0 Å². The lowest BCUT2D eigenvalue weighted by molar-refractivity contribution is 0.627. The van der Waals surface area contributed by atoms with Gasteiger partial charge in [-0.25, -0.2) is 0 Å². The van der Waals surface area contributed by atoms with Crippen LogP contribution in [0.4, 0.5) is 0 Å². The summed E-state index contributed by atoms with van der Waals surface area (Å²) in [6, 6.07) is 0. The Balaban J connectivity index is 5.40. The first kappa shape index (κ1) is 9.06. The summed E-state index contributed by atoms with van der Waals surface area (Å²) in [4.78, 5) is 0. The van der Waals surface area contributed by atoms with Crippen molar-refractivity contribution in [2.75, 3.05) is 6.26 Å². The van der Waals surface area contributed by atoms with Gasteiger partial charge < -0.3 is 0 Å². The summed E-state index contributed by atoms with van der Waals surface area (Å²) in [5, 5.41) is 0. The Kier molecular flexibility index (Phi) is 2.78. The molecular formula is C3H6O3S3. The Bertz CT molecular complexity index is 309. The van der Waals surface area contributed by atoms with E-state index in [1.807, 2.05) is 0 Å². The van der Waals surface area contributed by atoms with E-state index in [-0.39, 0.29) is 4.20 Å². The molecule has 0 aliphatic heterocycles. The van der Waals surface area contributed by atoms with Crippen molar-refractivity contribution in [2.45, 2.75) is 6.92 Å². The molecule has 0 aliphatic rings. The van der Waals surface area contributed by atoms with Gasteiger partial charge >= 0.3 is 0 Å². The van der Waals surface area contributed by atoms with Crippen LogP contribution in [0.5, 0.6) is 0 Å². The van der Waals surface area contributed by atoms with Crippen molar-refractivity contribution in [3.05, 3.63) is 0 Å².